The van der Waals surface area contributed by atoms with Crippen LogP contribution in [0.4, 0.5) is 0 Å². The van der Waals surface area contributed by atoms with E-state index in [9.17, 15) is 9.90 Å². The van der Waals surface area contributed by atoms with Crippen molar-refractivity contribution in [1.82, 2.24) is 4.98 Å². The molecule has 1 aliphatic carbocycles. The van der Waals surface area contributed by atoms with Crippen LogP contribution in [0.2, 0.25) is 0 Å². The second-order valence-electron chi connectivity index (χ2n) is 5.59. The molecule has 1 N–H and O–H groups in total. The molecule has 2 heterocycles. The van der Waals surface area contributed by atoms with Crippen LogP contribution in [0.1, 0.15) is 31.2 Å². The molecule has 96 valence electrons. The first-order valence-corrected chi connectivity index (χ1v) is 6.39. The van der Waals surface area contributed by atoms with Crippen molar-refractivity contribution in [2.75, 3.05) is 13.2 Å². The van der Waals surface area contributed by atoms with E-state index in [4.69, 9.17) is 4.74 Å². The smallest absolute Gasteiger partial charge is 0.314 e. The summed E-state index contributed by atoms with van der Waals surface area (Å²) in [6.45, 7) is 1.53. The lowest BCUT2D eigenvalue weighted by atomic mass is 9.48. The molecule has 1 saturated carbocycles. The first-order valence-electron chi connectivity index (χ1n) is 6.39. The second kappa shape index (κ2) is 4.05. The van der Waals surface area contributed by atoms with E-state index in [2.05, 4.69) is 4.98 Å². The summed E-state index contributed by atoms with van der Waals surface area (Å²) in [6, 6.07) is 3.70. The Labute approximate surface area is 106 Å². The van der Waals surface area contributed by atoms with Crippen LogP contribution in [0.3, 0.4) is 0 Å². The quantitative estimate of drug-likeness (QED) is 0.868. The number of aromatic nitrogens is 1. The molecule has 0 amide bonds. The maximum absolute atomic E-state index is 11.7. The number of nitrogens with zero attached hydrogens (tertiary/aromatic N) is 1. The Morgan fingerprint density at radius 1 is 1.33 bits per heavy atom. The molecule has 0 unspecified atom stereocenters. The van der Waals surface area contributed by atoms with Crippen LogP contribution >= 0.6 is 0 Å². The zero-order valence-electron chi connectivity index (χ0n) is 10.3. The van der Waals surface area contributed by atoms with Gasteiger partial charge in [0.25, 0.3) is 0 Å². The summed E-state index contributed by atoms with van der Waals surface area (Å²) in [5.41, 5.74) is 0.313. The highest BCUT2D eigenvalue weighted by Crippen LogP contribution is 2.60. The van der Waals surface area contributed by atoms with Crippen LogP contribution in [0.5, 0.6) is 0 Å². The third-order valence-corrected chi connectivity index (χ3v) is 4.53. The summed E-state index contributed by atoms with van der Waals surface area (Å²) in [7, 11) is 0. The molecule has 1 aliphatic heterocycles. The number of ether oxygens (including phenoxy) is 1. The maximum atomic E-state index is 11.7. The van der Waals surface area contributed by atoms with E-state index in [1.807, 2.05) is 12.1 Å². The maximum Gasteiger partial charge on any atom is 0.314 e. The molecule has 1 spiro atoms. The van der Waals surface area contributed by atoms with Gasteiger partial charge in [-0.15, -0.1) is 0 Å². The molecule has 0 bridgehead atoms. The van der Waals surface area contributed by atoms with Crippen molar-refractivity contribution in [1.29, 1.82) is 0 Å². The molecule has 0 radical (unpaired) electrons. The normalized spacial score (nSPS) is 24.4. The highest BCUT2D eigenvalue weighted by atomic mass is 16.5. The van der Waals surface area contributed by atoms with Crippen LogP contribution in [-0.2, 0) is 14.9 Å². The van der Waals surface area contributed by atoms with Crippen LogP contribution in [0.25, 0.3) is 0 Å². The third-order valence-electron chi connectivity index (χ3n) is 4.53. The van der Waals surface area contributed by atoms with Crippen LogP contribution in [0, 0.1) is 5.41 Å². The topological polar surface area (TPSA) is 59.4 Å². The minimum Gasteiger partial charge on any atom is -0.481 e. The van der Waals surface area contributed by atoms with Crippen molar-refractivity contribution in [2.24, 2.45) is 5.41 Å². The molecule has 2 fully saturated rings. The van der Waals surface area contributed by atoms with Gasteiger partial charge < -0.3 is 9.84 Å². The van der Waals surface area contributed by atoms with Gasteiger partial charge in [-0.3, -0.25) is 9.78 Å². The van der Waals surface area contributed by atoms with Gasteiger partial charge >= 0.3 is 5.97 Å². The highest BCUT2D eigenvalue weighted by Gasteiger charge is 2.59. The Hall–Kier alpha value is -1.42. The van der Waals surface area contributed by atoms with E-state index in [0.717, 1.165) is 44.5 Å². The lowest BCUT2D eigenvalue weighted by molar-refractivity contribution is -0.160. The minimum absolute atomic E-state index is 0.187. The summed E-state index contributed by atoms with van der Waals surface area (Å²) < 4.78 is 5.38. The largest absolute Gasteiger partial charge is 0.481 e. The predicted molar refractivity (Wildman–Crippen MR) is 65.3 cm³/mol. The Kier molecular flexibility index (Phi) is 2.63. The molecule has 4 nitrogen and oxygen atoms in total. The number of pyridine rings is 1. The predicted octanol–water partition coefficient (Wildman–Crippen LogP) is 1.99. The van der Waals surface area contributed by atoms with Gasteiger partial charge in [0.2, 0.25) is 0 Å². The molecule has 0 aromatic carbocycles. The van der Waals surface area contributed by atoms with Crippen molar-refractivity contribution in [3.63, 3.8) is 0 Å². The Bertz CT molecular complexity index is 443. The fraction of sp³-hybridized carbons (Fsp3) is 0.571. The summed E-state index contributed by atoms with van der Waals surface area (Å²) in [5, 5.41) is 9.59. The number of aliphatic carboxylic acids is 1. The molecule has 1 aromatic heterocycles. The van der Waals surface area contributed by atoms with E-state index in [1.165, 1.54) is 0 Å². The number of rotatable bonds is 2. The number of carbonyl (C=O) groups is 1. The van der Waals surface area contributed by atoms with Crippen LogP contribution in [0.15, 0.2) is 24.5 Å². The fourth-order valence-electron chi connectivity index (χ4n) is 3.51. The van der Waals surface area contributed by atoms with Crippen molar-refractivity contribution >= 4 is 5.97 Å². The van der Waals surface area contributed by atoms with Gasteiger partial charge in [0.05, 0.1) is 5.41 Å². The van der Waals surface area contributed by atoms with Gasteiger partial charge in [-0.1, -0.05) is 6.07 Å². The van der Waals surface area contributed by atoms with Crippen LogP contribution < -0.4 is 0 Å². The van der Waals surface area contributed by atoms with E-state index in [-0.39, 0.29) is 5.41 Å². The first-order chi connectivity index (χ1) is 8.67. The van der Waals surface area contributed by atoms with Gasteiger partial charge in [-0.25, -0.2) is 0 Å². The average molecular weight is 247 g/mol. The highest BCUT2D eigenvalue weighted by molar-refractivity contribution is 5.83. The molecule has 4 heteroatoms. The molecule has 1 aromatic rings. The molecule has 18 heavy (non-hydrogen) atoms. The van der Waals surface area contributed by atoms with Crippen molar-refractivity contribution < 1.29 is 14.6 Å². The van der Waals surface area contributed by atoms with E-state index < -0.39 is 11.4 Å². The first kappa shape index (κ1) is 11.7. The number of hydrogen-bond donors (Lipinski definition) is 1. The van der Waals surface area contributed by atoms with Gasteiger partial charge in [0, 0.05) is 25.6 Å². The van der Waals surface area contributed by atoms with Crippen LogP contribution in [-0.4, -0.2) is 29.3 Å². The minimum atomic E-state index is -0.717. The average Bonchev–Trinajstić information content (AvgIpc) is 2.37. The second-order valence-corrected chi connectivity index (χ2v) is 5.59. The summed E-state index contributed by atoms with van der Waals surface area (Å²) in [4.78, 5) is 15.7. The Balaban J connectivity index is 1.87. The fourth-order valence-corrected chi connectivity index (χ4v) is 3.51. The molecular formula is C14H17NO3. The van der Waals surface area contributed by atoms with E-state index >= 15 is 0 Å². The Morgan fingerprint density at radius 3 is 2.61 bits per heavy atom. The van der Waals surface area contributed by atoms with Crippen molar-refractivity contribution in [3.8, 4) is 0 Å². The van der Waals surface area contributed by atoms with Gasteiger partial charge in [0.1, 0.15) is 0 Å². The van der Waals surface area contributed by atoms with E-state index in [0.29, 0.717) is 0 Å². The van der Waals surface area contributed by atoms with Gasteiger partial charge in [0.15, 0.2) is 0 Å². The monoisotopic (exact) mass is 247 g/mol. The summed E-state index contributed by atoms with van der Waals surface area (Å²) >= 11 is 0. The lowest BCUT2D eigenvalue weighted by Gasteiger charge is -2.55. The molecular weight excluding hydrogens is 230 g/mol. The number of carboxylic acids is 1. The van der Waals surface area contributed by atoms with E-state index in [1.54, 1.807) is 12.4 Å². The molecule has 0 atom stereocenters. The molecule has 3 rings (SSSR count). The summed E-state index contributed by atoms with van der Waals surface area (Å²) in [5.74, 6) is -0.715. The lowest BCUT2D eigenvalue weighted by Crippen LogP contribution is -2.56. The standard InChI is InChI=1S/C14H17NO3/c16-12(17)14(11-2-1-5-15-8-11)9-13(10-14)3-6-18-7-4-13/h1-2,5,8H,3-4,6-7,9-10H2,(H,16,17). The SMILES string of the molecule is O=C(O)C1(c2cccnc2)CC2(CCOCC2)C1. The number of hydrogen-bond acceptors (Lipinski definition) is 3. The molecule has 1 saturated heterocycles. The molecule has 2 aliphatic rings. The Morgan fingerprint density at radius 2 is 2.06 bits per heavy atom. The zero-order valence-corrected chi connectivity index (χ0v) is 10.3. The van der Waals surface area contributed by atoms with Gasteiger partial charge in [-0.05, 0) is 42.7 Å². The summed E-state index contributed by atoms with van der Waals surface area (Å²) in [6.07, 6.45) is 6.81. The van der Waals surface area contributed by atoms with Crippen molar-refractivity contribution in [2.45, 2.75) is 31.1 Å². The van der Waals surface area contributed by atoms with Crippen molar-refractivity contribution in [3.05, 3.63) is 30.1 Å². The van der Waals surface area contributed by atoms with Gasteiger partial charge in [-0.2, -0.15) is 0 Å². The zero-order chi connectivity index (χ0) is 12.6. The third kappa shape index (κ3) is 1.63. The number of carboxylic acid groups (broad SMARTS) is 1.